The normalized spacial score (nSPS) is 11.1. The van der Waals surface area contributed by atoms with Gasteiger partial charge < -0.3 is 15.2 Å². The Bertz CT molecular complexity index is 806. The molecule has 0 aliphatic carbocycles. The van der Waals surface area contributed by atoms with Gasteiger partial charge in [0.25, 0.3) is 5.91 Å². The van der Waals surface area contributed by atoms with E-state index in [9.17, 15) is 14.7 Å². The minimum absolute atomic E-state index is 0.0124. The number of phenols is 1. The first-order valence-corrected chi connectivity index (χ1v) is 8.47. The van der Waals surface area contributed by atoms with Gasteiger partial charge in [-0.3, -0.25) is 9.59 Å². The number of benzene rings is 2. The van der Waals surface area contributed by atoms with Crippen molar-refractivity contribution in [3.05, 3.63) is 59.2 Å². The highest BCUT2D eigenvalue weighted by molar-refractivity contribution is 5.95. The van der Waals surface area contributed by atoms with E-state index in [-0.39, 0.29) is 35.8 Å². The number of carbonyl (C=O) groups excluding carboxylic acids is 2. The van der Waals surface area contributed by atoms with Gasteiger partial charge in [0, 0.05) is 29.5 Å². The van der Waals surface area contributed by atoms with Crippen LogP contribution in [-0.4, -0.2) is 29.4 Å². The van der Waals surface area contributed by atoms with E-state index >= 15 is 0 Å². The lowest BCUT2D eigenvalue weighted by Gasteiger charge is -2.20. The number of hydrogen-bond acceptors (Lipinski definition) is 4. The number of methoxy groups -OCH3 is 1. The van der Waals surface area contributed by atoms with Crippen molar-refractivity contribution in [2.24, 2.45) is 0 Å². The van der Waals surface area contributed by atoms with Gasteiger partial charge in [0.1, 0.15) is 5.78 Å². The molecule has 0 radical (unpaired) electrons. The minimum Gasteiger partial charge on any atom is -0.504 e. The molecule has 0 saturated heterocycles. The highest BCUT2D eigenvalue weighted by Gasteiger charge is 2.16. The minimum atomic E-state index is -0.327. The van der Waals surface area contributed by atoms with Gasteiger partial charge in [-0.1, -0.05) is 24.3 Å². The Morgan fingerprint density at radius 3 is 2.42 bits per heavy atom. The van der Waals surface area contributed by atoms with Crippen molar-refractivity contribution in [3.8, 4) is 11.5 Å². The number of phenolic OH excluding ortho intramolecular Hbond substituents is 1. The Kier molecular flexibility index (Phi) is 6.03. The third-order valence-electron chi connectivity index (χ3n) is 3.77. The number of ether oxygens (including phenoxy) is 1. The fourth-order valence-corrected chi connectivity index (χ4v) is 2.61. The smallest absolute Gasteiger partial charge is 0.251 e. The van der Waals surface area contributed by atoms with Gasteiger partial charge in [0.05, 0.1) is 7.11 Å². The lowest BCUT2D eigenvalue weighted by atomic mass is 10.00. The van der Waals surface area contributed by atoms with E-state index in [0.29, 0.717) is 16.9 Å². The molecule has 1 amide bonds. The molecular weight excluding hydrogens is 330 g/mol. The van der Waals surface area contributed by atoms with Crippen molar-refractivity contribution in [1.82, 2.24) is 5.32 Å². The van der Waals surface area contributed by atoms with Gasteiger partial charge in [0.2, 0.25) is 0 Å². The van der Waals surface area contributed by atoms with Crippen molar-refractivity contribution in [1.29, 1.82) is 0 Å². The maximum absolute atomic E-state index is 12.4. The molecule has 2 aromatic carbocycles. The summed E-state index contributed by atoms with van der Waals surface area (Å²) >= 11 is 0. The largest absolute Gasteiger partial charge is 0.504 e. The van der Waals surface area contributed by atoms with E-state index in [1.807, 2.05) is 26.8 Å². The Labute approximate surface area is 154 Å². The lowest BCUT2D eigenvalue weighted by Crippen LogP contribution is -2.40. The molecule has 0 aliphatic heterocycles. The van der Waals surface area contributed by atoms with E-state index in [0.717, 1.165) is 5.56 Å². The topological polar surface area (TPSA) is 75.6 Å². The second-order valence-corrected chi connectivity index (χ2v) is 7.26. The van der Waals surface area contributed by atoms with Crippen LogP contribution in [0, 0.1) is 0 Å². The van der Waals surface area contributed by atoms with Gasteiger partial charge in [-0.15, -0.1) is 0 Å². The Morgan fingerprint density at radius 2 is 1.77 bits per heavy atom. The standard InChI is InChI=1S/C21H25NO4/c1-21(2,3)22-20(25)16-9-5-7-14(11-16)12-17(23)13-15-8-6-10-18(26-4)19(15)24/h5-11,24H,12-13H2,1-4H3,(H,22,25). The van der Waals surface area contributed by atoms with Crippen LogP contribution in [0.2, 0.25) is 0 Å². The SMILES string of the molecule is COc1cccc(CC(=O)Cc2cccc(C(=O)NC(C)(C)C)c2)c1O. The van der Waals surface area contributed by atoms with Crippen LogP contribution in [0.5, 0.6) is 11.5 Å². The Hall–Kier alpha value is -2.82. The molecule has 0 atom stereocenters. The second-order valence-electron chi connectivity index (χ2n) is 7.26. The lowest BCUT2D eigenvalue weighted by molar-refractivity contribution is -0.117. The summed E-state index contributed by atoms with van der Waals surface area (Å²) in [5.74, 6) is 0.108. The average molecular weight is 355 g/mol. The highest BCUT2D eigenvalue weighted by Crippen LogP contribution is 2.29. The molecular formula is C21H25NO4. The van der Waals surface area contributed by atoms with Crippen LogP contribution in [-0.2, 0) is 17.6 Å². The number of hydrogen-bond donors (Lipinski definition) is 2. The second kappa shape index (κ2) is 8.04. The summed E-state index contributed by atoms with van der Waals surface area (Å²) in [6, 6.07) is 12.1. The number of amides is 1. The number of rotatable bonds is 6. The van der Waals surface area contributed by atoms with Crippen LogP contribution in [0.4, 0.5) is 0 Å². The molecule has 2 aromatic rings. The molecule has 26 heavy (non-hydrogen) atoms. The quantitative estimate of drug-likeness (QED) is 0.834. The maximum atomic E-state index is 12.4. The zero-order valence-electron chi connectivity index (χ0n) is 15.6. The summed E-state index contributed by atoms with van der Waals surface area (Å²) in [7, 11) is 1.47. The number of ketones is 1. The Balaban J connectivity index is 2.08. The van der Waals surface area contributed by atoms with E-state index < -0.39 is 0 Å². The number of Topliss-reactive ketones (excluding diaryl/α,β-unsaturated/α-hetero) is 1. The summed E-state index contributed by atoms with van der Waals surface area (Å²) in [4.78, 5) is 24.7. The zero-order valence-corrected chi connectivity index (χ0v) is 15.6. The van der Waals surface area contributed by atoms with E-state index in [2.05, 4.69) is 5.32 Å². The van der Waals surface area contributed by atoms with E-state index in [1.54, 1.807) is 36.4 Å². The van der Waals surface area contributed by atoms with Crippen molar-refractivity contribution < 1.29 is 19.4 Å². The van der Waals surface area contributed by atoms with Crippen molar-refractivity contribution in [3.63, 3.8) is 0 Å². The van der Waals surface area contributed by atoms with Crippen molar-refractivity contribution in [2.75, 3.05) is 7.11 Å². The van der Waals surface area contributed by atoms with Crippen LogP contribution in [0.15, 0.2) is 42.5 Å². The molecule has 0 fully saturated rings. The van der Waals surface area contributed by atoms with Gasteiger partial charge in [0.15, 0.2) is 11.5 Å². The highest BCUT2D eigenvalue weighted by atomic mass is 16.5. The fraction of sp³-hybridized carbons (Fsp3) is 0.333. The third-order valence-corrected chi connectivity index (χ3v) is 3.77. The monoisotopic (exact) mass is 355 g/mol. The zero-order chi connectivity index (χ0) is 19.3. The molecule has 0 aromatic heterocycles. The van der Waals surface area contributed by atoms with E-state index in [4.69, 9.17) is 4.74 Å². The molecule has 5 nitrogen and oxygen atoms in total. The molecule has 0 heterocycles. The van der Waals surface area contributed by atoms with Gasteiger partial charge >= 0.3 is 0 Å². The first-order valence-electron chi connectivity index (χ1n) is 8.47. The summed E-state index contributed by atoms with van der Waals surface area (Å²) in [5, 5.41) is 13.0. The third kappa shape index (κ3) is 5.34. The molecule has 2 rings (SSSR count). The summed E-state index contributed by atoms with van der Waals surface area (Å²) in [6.07, 6.45) is 0.286. The molecule has 138 valence electrons. The van der Waals surface area contributed by atoms with Gasteiger partial charge in [-0.25, -0.2) is 0 Å². The molecule has 0 aliphatic rings. The van der Waals surface area contributed by atoms with Crippen molar-refractivity contribution in [2.45, 2.75) is 39.2 Å². The first kappa shape index (κ1) is 19.5. The summed E-state index contributed by atoms with van der Waals surface area (Å²) in [6.45, 7) is 5.75. The Morgan fingerprint density at radius 1 is 1.08 bits per heavy atom. The van der Waals surface area contributed by atoms with Crippen LogP contribution in [0.25, 0.3) is 0 Å². The van der Waals surface area contributed by atoms with Crippen molar-refractivity contribution >= 4 is 11.7 Å². The van der Waals surface area contributed by atoms with E-state index in [1.165, 1.54) is 7.11 Å². The molecule has 0 saturated carbocycles. The molecule has 2 N–H and O–H groups in total. The van der Waals surface area contributed by atoms with Crippen LogP contribution < -0.4 is 10.1 Å². The van der Waals surface area contributed by atoms with Crippen LogP contribution in [0.3, 0.4) is 0 Å². The molecule has 0 bridgehead atoms. The number of nitrogens with one attached hydrogen (secondary N) is 1. The molecule has 0 spiro atoms. The van der Waals surface area contributed by atoms with Gasteiger partial charge in [-0.05, 0) is 44.5 Å². The van der Waals surface area contributed by atoms with Gasteiger partial charge in [-0.2, -0.15) is 0 Å². The fourth-order valence-electron chi connectivity index (χ4n) is 2.61. The van der Waals surface area contributed by atoms with Crippen LogP contribution >= 0.6 is 0 Å². The maximum Gasteiger partial charge on any atom is 0.251 e. The van der Waals surface area contributed by atoms with Crippen LogP contribution in [0.1, 0.15) is 42.3 Å². The average Bonchev–Trinajstić information content (AvgIpc) is 2.55. The predicted octanol–water partition coefficient (Wildman–Crippen LogP) is 3.28. The summed E-state index contributed by atoms with van der Waals surface area (Å²) < 4.78 is 5.06. The number of para-hydroxylation sites is 1. The molecule has 0 unspecified atom stereocenters. The number of carbonyl (C=O) groups is 2. The predicted molar refractivity (Wildman–Crippen MR) is 101 cm³/mol. The first-order chi connectivity index (χ1) is 12.2. The summed E-state index contributed by atoms with van der Waals surface area (Å²) in [5.41, 5.74) is 1.48. The molecule has 5 heteroatoms. The number of aromatic hydroxyl groups is 1.